The summed E-state index contributed by atoms with van der Waals surface area (Å²) in [6, 6.07) is 14.0. The van der Waals surface area contributed by atoms with Crippen molar-refractivity contribution in [2.24, 2.45) is 5.92 Å². The number of ether oxygens (including phenoxy) is 2. The normalized spacial score (nSPS) is 12.3. The largest absolute Gasteiger partial charge is 0.494 e. The summed E-state index contributed by atoms with van der Waals surface area (Å²) in [5, 5.41) is 7.34. The quantitative estimate of drug-likeness (QED) is 0.460. The van der Waals surface area contributed by atoms with Crippen LogP contribution in [-0.4, -0.2) is 42.6 Å². The number of rotatable bonds is 10. The second-order valence-electron chi connectivity index (χ2n) is 7.89. The van der Waals surface area contributed by atoms with Crippen molar-refractivity contribution in [3.8, 4) is 5.75 Å². The molecule has 34 heavy (non-hydrogen) atoms. The molecule has 2 aromatic carbocycles. The molecule has 0 saturated heterocycles. The van der Waals surface area contributed by atoms with Gasteiger partial charge in [0.2, 0.25) is 0 Å². The van der Waals surface area contributed by atoms with Crippen LogP contribution in [0.15, 0.2) is 54.6 Å². The topological polar surface area (TPSA) is 123 Å². The van der Waals surface area contributed by atoms with Crippen LogP contribution in [0, 0.1) is 5.92 Å². The second kappa shape index (κ2) is 13.0. The summed E-state index contributed by atoms with van der Waals surface area (Å²) in [5.41, 5.74) is 1.22. The standard InChI is InChI=1S/C25H31N3O6/c1-5-33-20-13-11-19(12-14-20)23(30)27-21(16(2)3)24(31)34-17(4)22(29)28-25(32)26-15-18-9-7-6-8-10-18/h6-14,16-17,21H,5,15H2,1-4H3,(H,27,30)(H2,26,28,29,32)/t17?,21-/m0/s1. The molecule has 182 valence electrons. The Morgan fingerprint density at radius 1 is 0.912 bits per heavy atom. The van der Waals surface area contributed by atoms with Gasteiger partial charge in [-0.3, -0.25) is 14.9 Å². The van der Waals surface area contributed by atoms with E-state index in [1.54, 1.807) is 38.1 Å². The molecule has 9 nitrogen and oxygen atoms in total. The van der Waals surface area contributed by atoms with Crippen LogP contribution >= 0.6 is 0 Å². The molecule has 2 atom stereocenters. The Balaban J connectivity index is 1.88. The Morgan fingerprint density at radius 3 is 2.15 bits per heavy atom. The number of hydrogen-bond donors (Lipinski definition) is 3. The Kier molecular flexibility index (Phi) is 10.1. The van der Waals surface area contributed by atoms with Crippen molar-refractivity contribution in [3.05, 3.63) is 65.7 Å². The first-order chi connectivity index (χ1) is 16.2. The molecular weight excluding hydrogens is 438 g/mol. The van der Waals surface area contributed by atoms with E-state index in [0.717, 1.165) is 5.56 Å². The lowest BCUT2D eigenvalue weighted by Crippen LogP contribution is -2.49. The van der Waals surface area contributed by atoms with Crippen LogP contribution in [0.2, 0.25) is 0 Å². The highest BCUT2D eigenvalue weighted by molar-refractivity contribution is 5.99. The minimum absolute atomic E-state index is 0.237. The van der Waals surface area contributed by atoms with Gasteiger partial charge < -0.3 is 20.1 Å². The summed E-state index contributed by atoms with van der Waals surface area (Å²) in [6.45, 7) is 7.44. The first kappa shape index (κ1) is 26.4. The van der Waals surface area contributed by atoms with Gasteiger partial charge in [-0.05, 0) is 49.6 Å². The molecule has 0 heterocycles. The van der Waals surface area contributed by atoms with E-state index in [-0.39, 0.29) is 12.5 Å². The predicted octanol–water partition coefficient (Wildman–Crippen LogP) is 2.80. The lowest BCUT2D eigenvalue weighted by molar-refractivity contribution is -0.157. The van der Waals surface area contributed by atoms with Gasteiger partial charge >= 0.3 is 12.0 Å². The van der Waals surface area contributed by atoms with Gasteiger partial charge in [0.05, 0.1) is 6.61 Å². The van der Waals surface area contributed by atoms with E-state index in [4.69, 9.17) is 9.47 Å². The van der Waals surface area contributed by atoms with E-state index in [1.165, 1.54) is 6.92 Å². The summed E-state index contributed by atoms with van der Waals surface area (Å²) in [5.74, 6) is -1.69. The highest BCUT2D eigenvalue weighted by Gasteiger charge is 2.29. The maximum atomic E-state index is 12.7. The first-order valence-corrected chi connectivity index (χ1v) is 11.1. The van der Waals surface area contributed by atoms with Crippen molar-refractivity contribution in [1.29, 1.82) is 0 Å². The highest BCUT2D eigenvalue weighted by atomic mass is 16.5. The zero-order valence-electron chi connectivity index (χ0n) is 19.8. The summed E-state index contributed by atoms with van der Waals surface area (Å²) in [7, 11) is 0. The predicted molar refractivity (Wildman–Crippen MR) is 126 cm³/mol. The number of hydrogen-bond acceptors (Lipinski definition) is 6. The van der Waals surface area contributed by atoms with Gasteiger partial charge in [0, 0.05) is 12.1 Å². The number of carbonyl (C=O) groups is 4. The van der Waals surface area contributed by atoms with E-state index in [1.807, 2.05) is 37.3 Å². The Labute approximate surface area is 199 Å². The minimum Gasteiger partial charge on any atom is -0.494 e. The van der Waals surface area contributed by atoms with E-state index in [0.29, 0.717) is 17.9 Å². The maximum absolute atomic E-state index is 12.7. The van der Waals surface area contributed by atoms with Crippen LogP contribution in [0.3, 0.4) is 0 Å². The van der Waals surface area contributed by atoms with Crippen LogP contribution in [0.4, 0.5) is 4.79 Å². The molecular formula is C25H31N3O6. The Hall–Kier alpha value is -3.88. The van der Waals surface area contributed by atoms with Crippen molar-refractivity contribution in [2.45, 2.75) is 46.4 Å². The van der Waals surface area contributed by atoms with Crippen LogP contribution < -0.4 is 20.7 Å². The molecule has 4 amide bonds. The lowest BCUT2D eigenvalue weighted by Gasteiger charge is -2.23. The highest BCUT2D eigenvalue weighted by Crippen LogP contribution is 2.13. The molecule has 0 aliphatic rings. The van der Waals surface area contributed by atoms with Gasteiger partial charge in [0.15, 0.2) is 6.10 Å². The second-order valence-corrected chi connectivity index (χ2v) is 7.89. The number of esters is 1. The number of imide groups is 1. The van der Waals surface area contributed by atoms with Gasteiger partial charge in [-0.1, -0.05) is 44.2 Å². The fourth-order valence-electron chi connectivity index (χ4n) is 2.93. The molecule has 9 heteroatoms. The molecule has 0 saturated carbocycles. The first-order valence-electron chi connectivity index (χ1n) is 11.1. The van der Waals surface area contributed by atoms with Crippen molar-refractivity contribution in [3.63, 3.8) is 0 Å². The van der Waals surface area contributed by atoms with E-state index in [2.05, 4.69) is 16.0 Å². The summed E-state index contributed by atoms with van der Waals surface area (Å²) in [6.07, 6.45) is -1.24. The number of benzene rings is 2. The molecule has 0 aromatic heterocycles. The number of urea groups is 1. The number of nitrogens with one attached hydrogen (secondary N) is 3. The van der Waals surface area contributed by atoms with Crippen molar-refractivity contribution >= 4 is 23.8 Å². The van der Waals surface area contributed by atoms with Crippen LogP contribution in [0.5, 0.6) is 5.75 Å². The minimum atomic E-state index is -1.24. The molecule has 1 unspecified atom stereocenters. The van der Waals surface area contributed by atoms with Gasteiger partial charge in [-0.2, -0.15) is 0 Å². The van der Waals surface area contributed by atoms with Crippen LogP contribution in [0.25, 0.3) is 0 Å². The average molecular weight is 470 g/mol. The van der Waals surface area contributed by atoms with Gasteiger partial charge in [-0.15, -0.1) is 0 Å². The van der Waals surface area contributed by atoms with E-state index < -0.39 is 36.0 Å². The number of carbonyl (C=O) groups excluding carboxylic acids is 4. The smallest absolute Gasteiger partial charge is 0.329 e. The summed E-state index contributed by atoms with van der Waals surface area (Å²) in [4.78, 5) is 49.5. The molecule has 3 N–H and O–H groups in total. The summed E-state index contributed by atoms with van der Waals surface area (Å²) >= 11 is 0. The lowest BCUT2D eigenvalue weighted by atomic mass is 10.0. The van der Waals surface area contributed by atoms with E-state index >= 15 is 0 Å². The van der Waals surface area contributed by atoms with Gasteiger partial charge in [0.1, 0.15) is 11.8 Å². The van der Waals surface area contributed by atoms with Gasteiger partial charge in [-0.25, -0.2) is 9.59 Å². The van der Waals surface area contributed by atoms with Crippen molar-refractivity contribution < 1.29 is 28.7 Å². The molecule has 0 fully saturated rings. The molecule has 0 spiro atoms. The third-order valence-corrected chi connectivity index (χ3v) is 4.83. The average Bonchev–Trinajstić information content (AvgIpc) is 2.82. The number of amides is 4. The Morgan fingerprint density at radius 2 is 1.56 bits per heavy atom. The SMILES string of the molecule is CCOc1ccc(C(=O)N[C@H](C(=O)OC(C)C(=O)NC(=O)NCc2ccccc2)C(C)C)cc1. The fourth-order valence-corrected chi connectivity index (χ4v) is 2.93. The monoisotopic (exact) mass is 469 g/mol. The molecule has 0 aliphatic carbocycles. The molecule has 0 aliphatic heterocycles. The third-order valence-electron chi connectivity index (χ3n) is 4.83. The zero-order valence-corrected chi connectivity index (χ0v) is 19.8. The fraction of sp³-hybridized carbons (Fsp3) is 0.360. The summed E-state index contributed by atoms with van der Waals surface area (Å²) < 4.78 is 10.6. The molecule has 0 radical (unpaired) electrons. The molecule has 2 aromatic rings. The van der Waals surface area contributed by atoms with Crippen molar-refractivity contribution in [1.82, 2.24) is 16.0 Å². The third kappa shape index (κ3) is 8.23. The zero-order chi connectivity index (χ0) is 25.1. The van der Waals surface area contributed by atoms with Gasteiger partial charge in [0.25, 0.3) is 11.8 Å². The molecule has 0 bridgehead atoms. The molecule has 2 rings (SSSR count). The maximum Gasteiger partial charge on any atom is 0.329 e. The Bertz CT molecular complexity index is 976. The van der Waals surface area contributed by atoms with Crippen molar-refractivity contribution in [2.75, 3.05) is 6.61 Å². The van der Waals surface area contributed by atoms with Crippen LogP contribution in [-0.2, 0) is 20.9 Å². The van der Waals surface area contributed by atoms with E-state index in [9.17, 15) is 19.2 Å². The van der Waals surface area contributed by atoms with Crippen LogP contribution in [0.1, 0.15) is 43.6 Å².